The maximum absolute atomic E-state index is 12.7. The fourth-order valence-corrected chi connectivity index (χ4v) is 3.03. The molecule has 1 aromatic rings. The number of amides is 2. The zero-order chi connectivity index (χ0) is 15.6. The molecule has 1 heterocycles. The van der Waals surface area contributed by atoms with Crippen molar-refractivity contribution in [3.8, 4) is 0 Å². The third-order valence-corrected chi connectivity index (χ3v) is 4.38. The van der Waals surface area contributed by atoms with E-state index in [9.17, 15) is 14.7 Å². The molecule has 0 aromatic heterocycles. The molecular weight excluding hydrogens is 268 g/mol. The number of hydrogen-bond acceptors (Lipinski definition) is 2. The molecule has 0 bridgehead atoms. The number of anilines is 1. The summed E-state index contributed by atoms with van der Waals surface area (Å²) in [5, 5.41) is 9.57. The Morgan fingerprint density at radius 2 is 2.14 bits per heavy atom. The van der Waals surface area contributed by atoms with Crippen molar-refractivity contribution < 1.29 is 14.7 Å². The molecule has 1 saturated heterocycles. The third kappa shape index (κ3) is 2.60. The number of benzene rings is 1. The standard InChI is InChI=1S/C16H22N2O3/c1-4-16(14(19)20)9-6-10-18(16)15(21)17(3)13-8-5-7-12(2)11-13/h5,7-8,11H,4,6,9-10H2,1-3H3,(H,19,20). The van der Waals surface area contributed by atoms with Crippen LogP contribution in [0.2, 0.25) is 0 Å². The van der Waals surface area contributed by atoms with E-state index < -0.39 is 11.5 Å². The predicted molar refractivity (Wildman–Crippen MR) is 81.6 cm³/mol. The van der Waals surface area contributed by atoms with E-state index in [1.165, 1.54) is 9.80 Å². The van der Waals surface area contributed by atoms with Crippen molar-refractivity contribution >= 4 is 17.7 Å². The maximum atomic E-state index is 12.7. The van der Waals surface area contributed by atoms with Crippen LogP contribution in [0.15, 0.2) is 24.3 Å². The van der Waals surface area contributed by atoms with Gasteiger partial charge in [-0.3, -0.25) is 4.90 Å². The second-order valence-electron chi connectivity index (χ2n) is 5.63. The smallest absolute Gasteiger partial charge is 0.329 e. The summed E-state index contributed by atoms with van der Waals surface area (Å²) in [6.07, 6.45) is 1.68. The Labute approximate surface area is 125 Å². The van der Waals surface area contributed by atoms with E-state index in [1.807, 2.05) is 38.1 Å². The summed E-state index contributed by atoms with van der Waals surface area (Å²) >= 11 is 0. The van der Waals surface area contributed by atoms with E-state index in [2.05, 4.69) is 0 Å². The third-order valence-electron chi connectivity index (χ3n) is 4.38. The number of hydrogen-bond donors (Lipinski definition) is 1. The van der Waals surface area contributed by atoms with Gasteiger partial charge in [0.15, 0.2) is 0 Å². The molecular formula is C16H22N2O3. The van der Waals surface area contributed by atoms with Crippen molar-refractivity contribution in [3.63, 3.8) is 0 Å². The molecule has 5 heteroatoms. The van der Waals surface area contributed by atoms with Gasteiger partial charge in [-0.1, -0.05) is 19.1 Å². The van der Waals surface area contributed by atoms with Gasteiger partial charge in [-0.15, -0.1) is 0 Å². The van der Waals surface area contributed by atoms with Gasteiger partial charge < -0.3 is 10.0 Å². The molecule has 0 aliphatic carbocycles. The van der Waals surface area contributed by atoms with Gasteiger partial charge in [0.05, 0.1) is 0 Å². The zero-order valence-corrected chi connectivity index (χ0v) is 12.8. The summed E-state index contributed by atoms with van der Waals surface area (Å²) in [4.78, 5) is 27.4. The van der Waals surface area contributed by atoms with E-state index in [1.54, 1.807) is 7.05 Å². The van der Waals surface area contributed by atoms with Gasteiger partial charge in [0.2, 0.25) is 0 Å². The highest BCUT2D eigenvalue weighted by molar-refractivity contribution is 5.96. The fraction of sp³-hybridized carbons (Fsp3) is 0.500. The highest BCUT2D eigenvalue weighted by atomic mass is 16.4. The monoisotopic (exact) mass is 290 g/mol. The zero-order valence-electron chi connectivity index (χ0n) is 12.8. The van der Waals surface area contributed by atoms with Gasteiger partial charge >= 0.3 is 12.0 Å². The van der Waals surface area contributed by atoms with E-state index in [-0.39, 0.29) is 6.03 Å². The first-order valence-electron chi connectivity index (χ1n) is 7.28. The van der Waals surface area contributed by atoms with Crippen LogP contribution in [0.5, 0.6) is 0 Å². The van der Waals surface area contributed by atoms with Crippen LogP contribution >= 0.6 is 0 Å². The fourth-order valence-electron chi connectivity index (χ4n) is 3.03. The van der Waals surface area contributed by atoms with Crippen molar-refractivity contribution in [2.45, 2.75) is 38.6 Å². The van der Waals surface area contributed by atoms with Crippen molar-refractivity contribution in [3.05, 3.63) is 29.8 Å². The van der Waals surface area contributed by atoms with Crippen LogP contribution in [0.4, 0.5) is 10.5 Å². The van der Waals surface area contributed by atoms with E-state index in [4.69, 9.17) is 0 Å². The highest BCUT2D eigenvalue weighted by Crippen LogP contribution is 2.34. The normalized spacial score (nSPS) is 21.4. The Kier molecular flexibility index (Phi) is 4.21. The summed E-state index contributed by atoms with van der Waals surface area (Å²) in [5.41, 5.74) is 0.783. The number of nitrogens with zero attached hydrogens (tertiary/aromatic N) is 2. The van der Waals surface area contributed by atoms with Crippen LogP contribution in [0.25, 0.3) is 0 Å². The number of likely N-dealkylation sites (tertiary alicyclic amines) is 1. The van der Waals surface area contributed by atoms with Crippen molar-refractivity contribution in [1.82, 2.24) is 4.90 Å². The quantitative estimate of drug-likeness (QED) is 0.931. The summed E-state index contributed by atoms with van der Waals surface area (Å²) in [7, 11) is 1.69. The molecule has 1 atom stereocenters. The van der Waals surface area contributed by atoms with Gasteiger partial charge in [-0.05, 0) is 43.9 Å². The minimum atomic E-state index is -1.06. The summed E-state index contributed by atoms with van der Waals surface area (Å²) in [6.45, 7) is 4.28. The molecule has 0 radical (unpaired) electrons. The summed E-state index contributed by atoms with van der Waals surface area (Å²) in [6, 6.07) is 7.38. The molecule has 1 aliphatic rings. The first kappa shape index (κ1) is 15.4. The minimum absolute atomic E-state index is 0.248. The Hall–Kier alpha value is -2.04. The molecule has 114 valence electrons. The van der Waals surface area contributed by atoms with E-state index >= 15 is 0 Å². The van der Waals surface area contributed by atoms with Crippen molar-refractivity contribution in [2.24, 2.45) is 0 Å². The van der Waals surface area contributed by atoms with Crippen LogP contribution in [0.3, 0.4) is 0 Å². The molecule has 0 saturated carbocycles. The van der Waals surface area contributed by atoms with Gasteiger partial charge in [0, 0.05) is 19.3 Å². The van der Waals surface area contributed by atoms with Gasteiger partial charge in [-0.25, -0.2) is 9.59 Å². The molecule has 1 fully saturated rings. The molecule has 2 amide bonds. The summed E-state index contributed by atoms with van der Waals surface area (Å²) in [5.74, 6) is -0.909. The number of carboxylic acids is 1. The van der Waals surface area contributed by atoms with Crippen LogP contribution in [-0.2, 0) is 4.79 Å². The predicted octanol–water partition coefficient (Wildman–Crippen LogP) is 2.88. The van der Waals surface area contributed by atoms with Gasteiger partial charge in [0.1, 0.15) is 5.54 Å². The first-order valence-corrected chi connectivity index (χ1v) is 7.28. The van der Waals surface area contributed by atoms with Crippen LogP contribution < -0.4 is 4.90 Å². The molecule has 5 nitrogen and oxygen atoms in total. The van der Waals surface area contributed by atoms with Crippen LogP contribution in [0, 0.1) is 6.92 Å². The molecule has 1 aliphatic heterocycles. The second-order valence-corrected chi connectivity index (χ2v) is 5.63. The molecule has 2 rings (SSSR count). The lowest BCUT2D eigenvalue weighted by molar-refractivity contribution is -0.148. The average molecular weight is 290 g/mol. The Bertz CT molecular complexity index is 558. The largest absolute Gasteiger partial charge is 0.479 e. The van der Waals surface area contributed by atoms with Crippen LogP contribution in [-0.4, -0.2) is 41.1 Å². The van der Waals surface area contributed by atoms with Crippen LogP contribution in [0.1, 0.15) is 31.7 Å². The van der Waals surface area contributed by atoms with Crippen molar-refractivity contribution in [2.75, 3.05) is 18.5 Å². The number of aryl methyl sites for hydroxylation is 1. The Morgan fingerprint density at radius 3 is 2.71 bits per heavy atom. The molecule has 0 spiro atoms. The maximum Gasteiger partial charge on any atom is 0.329 e. The molecule has 21 heavy (non-hydrogen) atoms. The first-order chi connectivity index (χ1) is 9.92. The summed E-state index contributed by atoms with van der Waals surface area (Å²) < 4.78 is 0. The van der Waals surface area contributed by atoms with E-state index in [0.717, 1.165) is 17.7 Å². The number of aliphatic carboxylic acids is 1. The number of rotatable bonds is 3. The van der Waals surface area contributed by atoms with Gasteiger partial charge in [0.25, 0.3) is 0 Å². The lowest BCUT2D eigenvalue weighted by atomic mass is 9.93. The lowest BCUT2D eigenvalue weighted by Crippen LogP contribution is -2.56. The average Bonchev–Trinajstić information content (AvgIpc) is 2.90. The topological polar surface area (TPSA) is 60.9 Å². The van der Waals surface area contributed by atoms with Crippen molar-refractivity contribution in [1.29, 1.82) is 0 Å². The highest BCUT2D eigenvalue weighted by Gasteiger charge is 2.49. The number of carbonyl (C=O) groups excluding carboxylic acids is 1. The number of carbonyl (C=O) groups is 2. The van der Waals surface area contributed by atoms with E-state index in [0.29, 0.717) is 19.4 Å². The Balaban J connectivity index is 2.28. The Morgan fingerprint density at radius 1 is 1.43 bits per heavy atom. The number of urea groups is 1. The molecule has 1 aromatic carbocycles. The lowest BCUT2D eigenvalue weighted by Gasteiger charge is -2.36. The SMILES string of the molecule is CCC1(C(=O)O)CCCN1C(=O)N(C)c1cccc(C)c1. The van der Waals surface area contributed by atoms with Gasteiger partial charge in [-0.2, -0.15) is 0 Å². The molecule has 1 unspecified atom stereocenters. The molecule has 1 N–H and O–H groups in total. The second kappa shape index (κ2) is 5.76. The number of carboxylic acid groups (broad SMARTS) is 1. The minimum Gasteiger partial charge on any atom is -0.479 e.